The molecule has 0 aliphatic heterocycles. The molecule has 0 aliphatic carbocycles. The molecule has 0 unspecified atom stereocenters. The van der Waals surface area contributed by atoms with E-state index in [4.69, 9.17) is 10.2 Å². The largest absolute Gasteiger partial charge is 0.439 e. The molecule has 0 aromatic carbocycles. The Kier molecular flexibility index (Phi) is 1.55. The van der Waals surface area contributed by atoms with Crippen LogP contribution in [0.1, 0.15) is 11.5 Å². The lowest BCUT2D eigenvalue weighted by Crippen LogP contribution is -1.96. The third-order valence-electron chi connectivity index (χ3n) is 1.70. The number of aryl methyl sites for hydroxylation is 1. The average Bonchev–Trinajstić information content (AvgIpc) is 2.44. The maximum atomic E-state index is 5.51. The number of pyridine rings is 1. The molecular weight excluding hydrogens is 154 g/mol. The Morgan fingerprint density at radius 2 is 2.42 bits per heavy atom. The number of oxazole rings is 1. The van der Waals surface area contributed by atoms with Crippen molar-refractivity contribution in [1.82, 2.24) is 9.97 Å². The summed E-state index contributed by atoms with van der Waals surface area (Å²) in [5.41, 5.74) is 7.80. The Bertz CT molecular complexity index is 408. The van der Waals surface area contributed by atoms with Gasteiger partial charge in [0, 0.05) is 25.2 Å². The van der Waals surface area contributed by atoms with Gasteiger partial charge in [-0.15, -0.1) is 0 Å². The van der Waals surface area contributed by atoms with Gasteiger partial charge in [-0.05, 0) is 6.07 Å². The number of nitrogens with zero attached hydrogens (tertiary/aromatic N) is 2. The zero-order valence-corrected chi connectivity index (χ0v) is 6.74. The maximum absolute atomic E-state index is 5.51. The van der Waals surface area contributed by atoms with Crippen LogP contribution in [0.3, 0.4) is 0 Å². The summed E-state index contributed by atoms with van der Waals surface area (Å²) in [5.74, 6) is 0.624. The summed E-state index contributed by atoms with van der Waals surface area (Å²) in [6.07, 6.45) is 1.69. The highest BCUT2D eigenvalue weighted by atomic mass is 16.3. The minimum absolute atomic E-state index is 0.452. The molecule has 0 atom stereocenters. The fourth-order valence-corrected chi connectivity index (χ4v) is 1.15. The maximum Gasteiger partial charge on any atom is 0.199 e. The van der Waals surface area contributed by atoms with Crippen LogP contribution in [0.2, 0.25) is 0 Å². The van der Waals surface area contributed by atoms with Gasteiger partial charge in [0.25, 0.3) is 0 Å². The number of hydrogen-bond acceptors (Lipinski definition) is 4. The number of aromatic nitrogens is 2. The van der Waals surface area contributed by atoms with E-state index in [-0.39, 0.29) is 0 Å². The quantitative estimate of drug-likeness (QED) is 0.680. The molecule has 0 fully saturated rings. The van der Waals surface area contributed by atoms with Crippen molar-refractivity contribution >= 4 is 11.2 Å². The van der Waals surface area contributed by atoms with Crippen molar-refractivity contribution in [1.29, 1.82) is 0 Å². The fourth-order valence-electron chi connectivity index (χ4n) is 1.15. The van der Waals surface area contributed by atoms with Gasteiger partial charge in [0.1, 0.15) is 0 Å². The normalized spacial score (nSPS) is 10.8. The first-order valence-electron chi connectivity index (χ1n) is 3.72. The van der Waals surface area contributed by atoms with Gasteiger partial charge in [0.05, 0.1) is 0 Å². The first-order valence-corrected chi connectivity index (χ1v) is 3.72. The molecule has 0 saturated carbocycles. The minimum Gasteiger partial charge on any atom is -0.439 e. The summed E-state index contributed by atoms with van der Waals surface area (Å²) in [6.45, 7) is 2.25. The van der Waals surface area contributed by atoms with Gasteiger partial charge in [-0.1, -0.05) is 0 Å². The van der Waals surface area contributed by atoms with E-state index in [2.05, 4.69) is 9.97 Å². The molecule has 4 heteroatoms. The van der Waals surface area contributed by atoms with Gasteiger partial charge in [-0.2, -0.15) is 4.98 Å². The minimum atomic E-state index is 0.452. The predicted octanol–water partition coefficient (Wildman–Crippen LogP) is 0.990. The van der Waals surface area contributed by atoms with Crippen molar-refractivity contribution in [3.63, 3.8) is 0 Å². The van der Waals surface area contributed by atoms with Crippen LogP contribution in [0.5, 0.6) is 0 Å². The molecule has 2 aromatic rings. The molecule has 4 nitrogen and oxygen atoms in total. The van der Waals surface area contributed by atoms with Crippen LogP contribution in [-0.4, -0.2) is 9.97 Å². The predicted molar refractivity (Wildman–Crippen MR) is 44.4 cm³/mol. The molecule has 0 radical (unpaired) electrons. The molecule has 2 rings (SSSR count). The van der Waals surface area contributed by atoms with Crippen molar-refractivity contribution in [2.75, 3.05) is 0 Å². The van der Waals surface area contributed by atoms with Gasteiger partial charge >= 0.3 is 0 Å². The highest BCUT2D eigenvalue weighted by Crippen LogP contribution is 2.16. The van der Waals surface area contributed by atoms with Gasteiger partial charge in [-0.25, -0.2) is 4.98 Å². The molecule has 2 aromatic heterocycles. The highest BCUT2D eigenvalue weighted by Gasteiger charge is 2.06. The average molecular weight is 163 g/mol. The molecular formula is C8H9N3O. The molecule has 0 spiro atoms. The summed E-state index contributed by atoms with van der Waals surface area (Å²) in [6, 6.07) is 1.84. The Morgan fingerprint density at radius 1 is 1.58 bits per heavy atom. The Balaban J connectivity index is 2.78. The summed E-state index contributed by atoms with van der Waals surface area (Å²) < 4.78 is 5.34. The number of fused-ring (bicyclic) bond motifs is 1. The lowest BCUT2D eigenvalue weighted by molar-refractivity contribution is 0.557. The number of nitrogens with two attached hydrogens (primary N) is 1. The Labute approximate surface area is 69.4 Å². The van der Waals surface area contributed by atoms with Crippen LogP contribution in [0.15, 0.2) is 16.7 Å². The van der Waals surface area contributed by atoms with E-state index in [1.807, 2.05) is 6.07 Å². The number of rotatable bonds is 1. The van der Waals surface area contributed by atoms with Crippen molar-refractivity contribution < 1.29 is 4.42 Å². The monoisotopic (exact) mass is 163 g/mol. The van der Waals surface area contributed by atoms with Crippen LogP contribution in [0.4, 0.5) is 0 Å². The zero-order valence-electron chi connectivity index (χ0n) is 6.74. The zero-order chi connectivity index (χ0) is 8.55. The summed E-state index contributed by atoms with van der Waals surface area (Å²) in [7, 11) is 0. The standard InChI is InChI=1S/C8H9N3O/c1-5-11-8-7(12-5)6(4-9)2-3-10-8/h2-3H,4,9H2,1H3. The molecule has 0 aliphatic rings. The van der Waals surface area contributed by atoms with E-state index in [0.717, 1.165) is 5.56 Å². The second-order valence-corrected chi connectivity index (χ2v) is 2.56. The second-order valence-electron chi connectivity index (χ2n) is 2.56. The lowest BCUT2D eigenvalue weighted by Gasteiger charge is -1.93. The molecule has 0 amide bonds. The number of hydrogen-bond donors (Lipinski definition) is 1. The van der Waals surface area contributed by atoms with Crippen LogP contribution >= 0.6 is 0 Å². The van der Waals surface area contributed by atoms with E-state index in [0.29, 0.717) is 23.7 Å². The van der Waals surface area contributed by atoms with Crippen molar-refractivity contribution in [2.45, 2.75) is 13.5 Å². The van der Waals surface area contributed by atoms with Crippen molar-refractivity contribution in [3.05, 3.63) is 23.7 Å². The Morgan fingerprint density at radius 3 is 3.17 bits per heavy atom. The topological polar surface area (TPSA) is 64.9 Å². The van der Waals surface area contributed by atoms with Crippen LogP contribution in [-0.2, 0) is 6.54 Å². The first kappa shape index (κ1) is 7.24. The van der Waals surface area contributed by atoms with Gasteiger partial charge in [0.15, 0.2) is 17.1 Å². The van der Waals surface area contributed by atoms with Crippen LogP contribution in [0.25, 0.3) is 11.2 Å². The molecule has 2 N–H and O–H groups in total. The second kappa shape index (κ2) is 2.57. The van der Waals surface area contributed by atoms with E-state index < -0.39 is 0 Å². The molecule has 0 bridgehead atoms. The van der Waals surface area contributed by atoms with Crippen LogP contribution in [0, 0.1) is 6.92 Å². The van der Waals surface area contributed by atoms with Crippen LogP contribution < -0.4 is 5.73 Å². The van der Waals surface area contributed by atoms with Gasteiger partial charge in [0.2, 0.25) is 0 Å². The van der Waals surface area contributed by atoms with E-state index >= 15 is 0 Å². The summed E-state index contributed by atoms with van der Waals surface area (Å²) >= 11 is 0. The third kappa shape index (κ3) is 0.967. The smallest absolute Gasteiger partial charge is 0.199 e. The van der Waals surface area contributed by atoms with Gasteiger partial charge < -0.3 is 10.2 Å². The lowest BCUT2D eigenvalue weighted by atomic mass is 10.2. The molecule has 0 saturated heterocycles. The Hall–Kier alpha value is -1.42. The molecule has 12 heavy (non-hydrogen) atoms. The third-order valence-corrected chi connectivity index (χ3v) is 1.70. The summed E-state index contributed by atoms with van der Waals surface area (Å²) in [4.78, 5) is 8.14. The fraction of sp³-hybridized carbons (Fsp3) is 0.250. The van der Waals surface area contributed by atoms with E-state index in [9.17, 15) is 0 Å². The van der Waals surface area contributed by atoms with Gasteiger partial charge in [-0.3, -0.25) is 0 Å². The highest BCUT2D eigenvalue weighted by molar-refractivity contribution is 5.71. The van der Waals surface area contributed by atoms with Crippen molar-refractivity contribution in [3.8, 4) is 0 Å². The summed E-state index contributed by atoms with van der Waals surface area (Å²) in [5, 5.41) is 0. The first-order chi connectivity index (χ1) is 5.81. The van der Waals surface area contributed by atoms with Crippen molar-refractivity contribution in [2.24, 2.45) is 5.73 Å². The van der Waals surface area contributed by atoms with E-state index in [1.165, 1.54) is 0 Å². The SMILES string of the molecule is Cc1nc2nccc(CN)c2o1. The van der Waals surface area contributed by atoms with E-state index in [1.54, 1.807) is 13.1 Å². The molecule has 2 heterocycles. The molecule has 62 valence electrons.